The van der Waals surface area contributed by atoms with Crippen molar-refractivity contribution in [3.05, 3.63) is 12.4 Å². The van der Waals surface area contributed by atoms with Gasteiger partial charge in [0.15, 0.2) is 5.16 Å². The number of aromatic nitrogens is 2. The number of hydrogen-bond donors (Lipinski definition) is 1. The molecule has 1 heterocycles. The maximum atomic E-state index is 12.0. The Morgan fingerprint density at radius 2 is 2.20 bits per heavy atom. The molecule has 0 fully saturated rings. The van der Waals surface area contributed by atoms with Crippen LogP contribution < -0.4 is 5.32 Å². The van der Waals surface area contributed by atoms with E-state index < -0.39 is 0 Å². The van der Waals surface area contributed by atoms with Crippen LogP contribution in [0.5, 0.6) is 0 Å². The summed E-state index contributed by atoms with van der Waals surface area (Å²) in [5.41, 5.74) is 0. The molecule has 20 heavy (non-hydrogen) atoms. The van der Waals surface area contributed by atoms with Crippen LogP contribution in [-0.4, -0.2) is 51.8 Å². The maximum absolute atomic E-state index is 12.0. The summed E-state index contributed by atoms with van der Waals surface area (Å²) in [6, 6.07) is 0. The summed E-state index contributed by atoms with van der Waals surface area (Å²) >= 11 is 1.49. The molecule has 5 nitrogen and oxygen atoms in total. The molecule has 0 spiro atoms. The monoisotopic (exact) mass is 298 g/mol. The molecule has 1 rings (SSSR count). The molecule has 1 aromatic heterocycles. The zero-order valence-electron chi connectivity index (χ0n) is 12.9. The Morgan fingerprint density at radius 1 is 1.50 bits per heavy atom. The van der Waals surface area contributed by atoms with E-state index in [2.05, 4.69) is 29.0 Å². The van der Waals surface area contributed by atoms with Crippen LogP contribution in [0.4, 0.5) is 0 Å². The van der Waals surface area contributed by atoms with Crippen molar-refractivity contribution >= 4 is 17.7 Å². The quantitative estimate of drug-likeness (QED) is 0.557. The first-order chi connectivity index (χ1) is 9.58. The van der Waals surface area contributed by atoms with Crippen molar-refractivity contribution in [3.8, 4) is 0 Å². The Morgan fingerprint density at radius 3 is 2.75 bits per heavy atom. The van der Waals surface area contributed by atoms with Gasteiger partial charge in [-0.3, -0.25) is 4.79 Å². The fourth-order valence-electron chi connectivity index (χ4n) is 1.87. The molecule has 0 aliphatic carbocycles. The third kappa shape index (κ3) is 5.54. The molecule has 0 aromatic carbocycles. The topological polar surface area (TPSA) is 50.2 Å². The molecule has 1 N–H and O–H groups in total. The second kappa shape index (κ2) is 9.02. The minimum Gasteiger partial charge on any atom is -0.355 e. The molecular formula is C14H26N4OS. The standard InChI is InChI=1S/C14H26N4OS/c1-5-18(6-2)10-7-8-15-13(19)12(3)20-14-16-9-11-17(14)4/h9,11-12H,5-8,10H2,1-4H3,(H,15,19). The number of thioether (sulfide) groups is 1. The molecule has 1 aromatic rings. The normalized spacial score (nSPS) is 12.7. The lowest BCUT2D eigenvalue weighted by Gasteiger charge is -2.18. The number of aryl methyl sites for hydroxylation is 1. The zero-order chi connectivity index (χ0) is 15.0. The summed E-state index contributed by atoms with van der Waals surface area (Å²) in [6.45, 7) is 10.1. The number of hydrogen-bond acceptors (Lipinski definition) is 4. The lowest BCUT2D eigenvalue weighted by Crippen LogP contribution is -2.34. The van der Waals surface area contributed by atoms with Crippen molar-refractivity contribution in [2.45, 2.75) is 37.6 Å². The Hall–Kier alpha value is -1.01. The van der Waals surface area contributed by atoms with Crippen molar-refractivity contribution in [3.63, 3.8) is 0 Å². The van der Waals surface area contributed by atoms with Gasteiger partial charge in [-0.15, -0.1) is 0 Å². The van der Waals surface area contributed by atoms with Gasteiger partial charge in [0, 0.05) is 26.0 Å². The van der Waals surface area contributed by atoms with Crippen LogP contribution >= 0.6 is 11.8 Å². The molecule has 1 amide bonds. The summed E-state index contributed by atoms with van der Waals surface area (Å²) in [5, 5.41) is 3.74. The van der Waals surface area contributed by atoms with Gasteiger partial charge in [-0.25, -0.2) is 4.98 Å². The molecule has 6 heteroatoms. The van der Waals surface area contributed by atoms with Crippen LogP contribution in [0.25, 0.3) is 0 Å². The number of nitrogens with zero attached hydrogens (tertiary/aromatic N) is 3. The highest BCUT2D eigenvalue weighted by molar-refractivity contribution is 8.00. The van der Waals surface area contributed by atoms with Crippen LogP contribution in [0.1, 0.15) is 27.2 Å². The molecular weight excluding hydrogens is 272 g/mol. The summed E-state index contributed by atoms with van der Waals surface area (Å²) in [4.78, 5) is 18.6. The van der Waals surface area contributed by atoms with Gasteiger partial charge in [0.2, 0.25) is 5.91 Å². The maximum Gasteiger partial charge on any atom is 0.233 e. The lowest BCUT2D eigenvalue weighted by atomic mass is 10.3. The highest BCUT2D eigenvalue weighted by Crippen LogP contribution is 2.20. The number of carbonyl (C=O) groups is 1. The second-order valence-electron chi connectivity index (χ2n) is 4.75. The molecule has 0 saturated heterocycles. The van der Waals surface area contributed by atoms with E-state index in [1.54, 1.807) is 6.20 Å². The van der Waals surface area contributed by atoms with Gasteiger partial charge in [0.05, 0.1) is 5.25 Å². The van der Waals surface area contributed by atoms with Gasteiger partial charge >= 0.3 is 0 Å². The third-order valence-corrected chi connectivity index (χ3v) is 4.45. The van der Waals surface area contributed by atoms with Crippen LogP contribution in [-0.2, 0) is 11.8 Å². The minimum atomic E-state index is -0.121. The van der Waals surface area contributed by atoms with Gasteiger partial charge in [-0.2, -0.15) is 0 Å². The van der Waals surface area contributed by atoms with Crippen molar-refractivity contribution < 1.29 is 4.79 Å². The Balaban J connectivity index is 2.23. The number of amides is 1. The SMILES string of the molecule is CCN(CC)CCCNC(=O)C(C)Sc1nccn1C. The minimum absolute atomic E-state index is 0.0811. The van der Waals surface area contributed by atoms with Crippen molar-refractivity contribution in [1.29, 1.82) is 0 Å². The highest BCUT2D eigenvalue weighted by atomic mass is 32.2. The van der Waals surface area contributed by atoms with Gasteiger partial charge in [-0.05, 0) is 33.0 Å². The fraction of sp³-hybridized carbons (Fsp3) is 0.714. The van der Waals surface area contributed by atoms with Gasteiger partial charge in [0.25, 0.3) is 0 Å². The van der Waals surface area contributed by atoms with E-state index >= 15 is 0 Å². The van der Waals surface area contributed by atoms with Crippen molar-refractivity contribution in [1.82, 2.24) is 19.8 Å². The van der Waals surface area contributed by atoms with E-state index in [0.717, 1.165) is 37.8 Å². The number of imidazole rings is 1. The molecule has 0 radical (unpaired) electrons. The van der Waals surface area contributed by atoms with E-state index in [1.165, 1.54) is 11.8 Å². The average molecular weight is 298 g/mol. The fourth-order valence-corrected chi connectivity index (χ4v) is 2.73. The predicted octanol–water partition coefficient (Wildman–Crippen LogP) is 1.75. The van der Waals surface area contributed by atoms with E-state index in [4.69, 9.17) is 0 Å². The summed E-state index contributed by atoms with van der Waals surface area (Å²) in [7, 11) is 1.93. The summed E-state index contributed by atoms with van der Waals surface area (Å²) in [6.07, 6.45) is 4.63. The zero-order valence-corrected chi connectivity index (χ0v) is 13.7. The van der Waals surface area contributed by atoms with Crippen LogP contribution in [0.15, 0.2) is 17.6 Å². The van der Waals surface area contributed by atoms with Crippen molar-refractivity contribution in [2.75, 3.05) is 26.2 Å². The van der Waals surface area contributed by atoms with E-state index in [-0.39, 0.29) is 11.2 Å². The van der Waals surface area contributed by atoms with E-state index in [9.17, 15) is 4.79 Å². The first kappa shape index (κ1) is 17.0. The molecule has 1 unspecified atom stereocenters. The third-order valence-electron chi connectivity index (χ3n) is 3.27. The predicted molar refractivity (Wildman–Crippen MR) is 83.9 cm³/mol. The molecule has 0 saturated carbocycles. The van der Waals surface area contributed by atoms with Crippen LogP contribution in [0.3, 0.4) is 0 Å². The smallest absolute Gasteiger partial charge is 0.233 e. The molecule has 0 aliphatic heterocycles. The molecule has 114 valence electrons. The second-order valence-corrected chi connectivity index (χ2v) is 6.06. The molecule has 0 aliphatic rings. The van der Waals surface area contributed by atoms with Crippen LogP contribution in [0.2, 0.25) is 0 Å². The van der Waals surface area contributed by atoms with E-state index in [0.29, 0.717) is 0 Å². The highest BCUT2D eigenvalue weighted by Gasteiger charge is 2.15. The first-order valence-corrected chi connectivity index (χ1v) is 8.10. The Bertz CT molecular complexity index is 404. The van der Waals surface area contributed by atoms with Crippen LogP contribution in [0, 0.1) is 0 Å². The molecule has 1 atom stereocenters. The summed E-state index contributed by atoms with van der Waals surface area (Å²) in [5.74, 6) is 0.0811. The largest absolute Gasteiger partial charge is 0.355 e. The van der Waals surface area contributed by atoms with Crippen molar-refractivity contribution in [2.24, 2.45) is 7.05 Å². The van der Waals surface area contributed by atoms with E-state index in [1.807, 2.05) is 24.7 Å². The average Bonchev–Trinajstić information content (AvgIpc) is 2.84. The molecule has 0 bridgehead atoms. The Labute approximate surface area is 126 Å². The van der Waals surface area contributed by atoms with Gasteiger partial charge < -0.3 is 14.8 Å². The first-order valence-electron chi connectivity index (χ1n) is 7.22. The summed E-state index contributed by atoms with van der Waals surface area (Å²) < 4.78 is 1.93. The number of nitrogens with one attached hydrogen (secondary N) is 1. The number of carbonyl (C=O) groups excluding carboxylic acids is 1. The van der Waals surface area contributed by atoms with Gasteiger partial charge in [0.1, 0.15) is 0 Å². The Kier molecular flexibility index (Phi) is 7.69. The number of rotatable bonds is 9. The van der Waals surface area contributed by atoms with Gasteiger partial charge in [-0.1, -0.05) is 25.6 Å². The lowest BCUT2D eigenvalue weighted by molar-refractivity contribution is -0.120.